The van der Waals surface area contributed by atoms with Gasteiger partial charge < -0.3 is 14.5 Å². The van der Waals surface area contributed by atoms with Crippen molar-refractivity contribution in [1.82, 2.24) is 9.38 Å². The SMILES string of the molecule is COC(=O)c1ccccc1NC(=O)Cc1c(-c2ccc(C)c(C)c2)nc2cc(C)ccn12. The molecule has 162 valence electrons. The molecular formula is C26H25N3O3. The standard InChI is InChI=1S/C26H25N3O3/c1-16-11-12-29-22(15-24(30)27-21-8-6-5-7-20(21)26(31)32-4)25(28-23(29)13-16)19-10-9-17(2)18(3)14-19/h5-14H,15H2,1-4H3,(H,27,30). The number of hydrogen-bond acceptors (Lipinski definition) is 4. The number of anilines is 1. The molecule has 0 bridgehead atoms. The fourth-order valence-corrected chi connectivity index (χ4v) is 3.71. The summed E-state index contributed by atoms with van der Waals surface area (Å²) in [5.74, 6) is -0.740. The number of fused-ring (bicyclic) bond motifs is 1. The number of pyridine rings is 1. The van der Waals surface area contributed by atoms with Gasteiger partial charge in [-0.3, -0.25) is 4.79 Å². The predicted octanol–water partition coefficient (Wildman–Crippen LogP) is 4.89. The third kappa shape index (κ3) is 4.12. The van der Waals surface area contributed by atoms with Gasteiger partial charge in [0, 0.05) is 11.8 Å². The summed E-state index contributed by atoms with van der Waals surface area (Å²) in [4.78, 5) is 29.9. The van der Waals surface area contributed by atoms with Crippen molar-refractivity contribution in [2.24, 2.45) is 0 Å². The van der Waals surface area contributed by atoms with E-state index in [-0.39, 0.29) is 12.3 Å². The van der Waals surface area contributed by atoms with E-state index in [4.69, 9.17) is 9.72 Å². The van der Waals surface area contributed by atoms with E-state index in [1.165, 1.54) is 12.7 Å². The molecule has 32 heavy (non-hydrogen) atoms. The van der Waals surface area contributed by atoms with Crippen molar-refractivity contribution in [2.75, 3.05) is 12.4 Å². The van der Waals surface area contributed by atoms with Gasteiger partial charge in [0.25, 0.3) is 0 Å². The fourth-order valence-electron chi connectivity index (χ4n) is 3.71. The lowest BCUT2D eigenvalue weighted by atomic mass is 10.0. The molecule has 4 aromatic rings. The van der Waals surface area contributed by atoms with Crippen LogP contribution < -0.4 is 5.32 Å². The average molecular weight is 428 g/mol. The quantitative estimate of drug-likeness (QED) is 0.460. The highest BCUT2D eigenvalue weighted by molar-refractivity contribution is 6.02. The van der Waals surface area contributed by atoms with Crippen molar-refractivity contribution in [3.05, 3.63) is 88.7 Å². The van der Waals surface area contributed by atoms with Gasteiger partial charge in [0.1, 0.15) is 5.65 Å². The van der Waals surface area contributed by atoms with Crippen molar-refractivity contribution >= 4 is 23.2 Å². The number of amides is 1. The van der Waals surface area contributed by atoms with E-state index in [1.807, 2.05) is 35.7 Å². The van der Waals surface area contributed by atoms with Crippen LogP contribution in [0.3, 0.4) is 0 Å². The van der Waals surface area contributed by atoms with Crippen LogP contribution in [0.25, 0.3) is 16.9 Å². The minimum Gasteiger partial charge on any atom is -0.465 e. The molecule has 0 atom stereocenters. The molecule has 0 radical (unpaired) electrons. The van der Waals surface area contributed by atoms with Gasteiger partial charge >= 0.3 is 5.97 Å². The first-order valence-corrected chi connectivity index (χ1v) is 10.4. The van der Waals surface area contributed by atoms with Gasteiger partial charge in [-0.05, 0) is 67.8 Å². The molecule has 6 heteroatoms. The Balaban J connectivity index is 1.73. The summed E-state index contributed by atoms with van der Waals surface area (Å²) in [5.41, 5.74) is 7.50. The van der Waals surface area contributed by atoms with Crippen LogP contribution in [0.1, 0.15) is 32.7 Å². The highest BCUT2D eigenvalue weighted by Crippen LogP contribution is 2.28. The second-order valence-corrected chi connectivity index (χ2v) is 7.90. The molecular weight excluding hydrogens is 402 g/mol. The molecule has 0 unspecified atom stereocenters. The zero-order valence-corrected chi connectivity index (χ0v) is 18.6. The maximum Gasteiger partial charge on any atom is 0.339 e. The first kappa shape index (κ1) is 21.3. The van der Waals surface area contributed by atoms with Crippen molar-refractivity contribution < 1.29 is 14.3 Å². The van der Waals surface area contributed by atoms with Crippen LogP contribution in [0, 0.1) is 20.8 Å². The van der Waals surface area contributed by atoms with Gasteiger partial charge in [0.2, 0.25) is 5.91 Å². The Morgan fingerprint density at radius 3 is 2.53 bits per heavy atom. The number of hydrogen-bond donors (Lipinski definition) is 1. The number of methoxy groups -OCH3 is 1. The van der Waals surface area contributed by atoms with Gasteiger partial charge in [-0.25, -0.2) is 9.78 Å². The van der Waals surface area contributed by atoms with Gasteiger partial charge in [0.05, 0.1) is 36.2 Å². The number of aromatic nitrogens is 2. The second-order valence-electron chi connectivity index (χ2n) is 7.90. The molecule has 0 aliphatic rings. The monoisotopic (exact) mass is 427 g/mol. The molecule has 0 saturated carbocycles. The van der Waals surface area contributed by atoms with Crippen molar-refractivity contribution in [1.29, 1.82) is 0 Å². The normalized spacial score (nSPS) is 10.9. The summed E-state index contributed by atoms with van der Waals surface area (Å²) in [6.07, 6.45) is 2.04. The van der Waals surface area contributed by atoms with Gasteiger partial charge in [-0.1, -0.05) is 24.3 Å². The first-order valence-electron chi connectivity index (χ1n) is 10.4. The third-order valence-electron chi connectivity index (χ3n) is 5.60. The Morgan fingerprint density at radius 2 is 1.78 bits per heavy atom. The van der Waals surface area contributed by atoms with E-state index >= 15 is 0 Å². The van der Waals surface area contributed by atoms with Gasteiger partial charge in [0.15, 0.2) is 0 Å². The van der Waals surface area contributed by atoms with Crippen LogP contribution >= 0.6 is 0 Å². The van der Waals surface area contributed by atoms with Gasteiger partial charge in [-0.2, -0.15) is 0 Å². The molecule has 0 spiro atoms. The number of aryl methyl sites for hydroxylation is 3. The van der Waals surface area contributed by atoms with Crippen LogP contribution in [0.5, 0.6) is 0 Å². The Labute approximate surface area is 186 Å². The van der Waals surface area contributed by atoms with Gasteiger partial charge in [-0.15, -0.1) is 0 Å². The average Bonchev–Trinajstić information content (AvgIpc) is 3.12. The van der Waals surface area contributed by atoms with Crippen LogP contribution in [0.2, 0.25) is 0 Å². The van der Waals surface area contributed by atoms with Crippen LogP contribution in [0.15, 0.2) is 60.8 Å². The first-order chi connectivity index (χ1) is 15.4. The summed E-state index contributed by atoms with van der Waals surface area (Å²) in [7, 11) is 1.32. The molecule has 4 rings (SSSR count). The van der Waals surface area contributed by atoms with E-state index in [2.05, 4.69) is 31.3 Å². The highest BCUT2D eigenvalue weighted by Gasteiger charge is 2.19. The molecule has 6 nitrogen and oxygen atoms in total. The summed E-state index contributed by atoms with van der Waals surface area (Å²) < 4.78 is 6.77. The number of nitrogens with zero attached hydrogens (tertiary/aromatic N) is 2. The maximum absolute atomic E-state index is 13.1. The zero-order valence-electron chi connectivity index (χ0n) is 18.6. The number of carbonyl (C=O) groups excluding carboxylic acids is 2. The number of nitrogens with one attached hydrogen (secondary N) is 1. The number of imidazole rings is 1. The number of benzene rings is 2. The molecule has 2 aromatic carbocycles. The van der Waals surface area contributed by atoms with E-state index in [0.29, 0.717) is 11.3 Å². The number of rotatable bonds is 5. The molecule has 1 amide bonds. The van der Waals surface area contributed by atoms with Crippen LogP contribution in [-0.4, -0.2) is 28.4 Å². The molecule has 0 saturated heterocycles. The van der Waals surface area contributed by atoms with E-state index in [1.54, 1.807) is 24.3 Å². The van der Waals surface area contributed by atoms with Crippen LogP contribution in [-0.2, 0) is 16.0 Å². The number of para-hydroxylation sites is 1. The molecule has 0 fully saturated rings. The molecule has 2 aromatic heterocycles. The van der Waals surface area contributed by atoms with E-state index < -0.39 is 5.97 Å². The van der Waals surface area contributed by atoms with Crippen molar-refractivity contribution in [2.45, 2.75) is 27.2 Å². The summed E-state index contributed by atoms with van der Waals surface area (Å²) in [5, 5.41) is 2.86. The van der Waals surface area contributed by atoms with Crippen molar-refractivity contribution in [3.63, 3.8) is 0 Å². The lowest BCUT2D eigenvalue weighted by Gasteiger charge is -2.11. The Kier molecular flexibility index (Phi) is 5.77. The van der Waals surface area contributed by atoms with E-state index in [0.717, 1.165) is 33.7 Å². The topological polar surface area (TPSA) is 72.7 Å². The summed E-state index contributed by atoms with van der Waals surface area (Å²) >= 11 is 0. The summed E-state index contributed by atoms with van der Waals surface area (Å²) in [6.45, 7) is 6.15. The minimum atomic E-state index is -0.498. The second kappa shape index (κ2) is 8.67. The Bertz CT molecular complexity index is 1340. The smallest absolute Gasteiger partial charge is 0.339 e. The number of ether oxygens (including phenoxy) is 1. The Hall–Kier alpha value is -3.93. The fraction of sp³-hybridized carbons (Fsp3) is 0.192. The zero-order chi connectivity index (χ0) is 22.8. The molecule has 1 N–H and O–H groups in total. The molecule has 0 aliphatic heterocycles. The number of esters is 1. The molecule has 2 heterocycles. The predicted molar refractivity (Wildman–Crippen MR) is 125 cm³/mol. The number of carbonyl (C=O) groups is 2. The summed E-state index contributed by atoms with van der Waals surface area (Å²) in [6, 6.07) is 17.0. The maximum atomic E-state index is 13.1. The van der Waals surface area contributed by atoms with Crippen molar-refractivity contribution in [3.8, 4) is 11.3 Å². The lowest BCUT2D eigenvalue weighted by molar-refractivity contribution is -0.115. The highest BCUT2D eigenvalue weighted by atomic mass is 16.5. The van der Waals surface area contributed by atoms with Crippen LogP contribution in [0.4, 0.5) is 5.69 Å². The Morgan fingerprint density at radius 1 is 1.00 bits per heavy atom. The molecule has 0 aliphatic carbocycles. The largest absolute Gasteiger partial charge is 0.465 e. The minimum absolute atomic E-state index is 0.0992. The third-order valence-corrected chi connectivity index (χ3v) is 5.60. The van der Waals surface area contributed by atoms with E-state index in [9.17, 15) is 9.59 Å². The lowest BCUT2D eigenvalue weighted by Crippen LogP contribution is -2.18.